The number of nitrogens with two attached hydrogens (primary N) is 3. The van der Waals surface area contributed by atoms with Crippen LogP contribution in [-0.4, -0.2) is 28.8 Å². The van der Waals surface area contributed by atoms with E-state index in [2.05, 4.69) is 27.6 Å². The normalized spacial score (nSPS) is 12.5. The number of hydrogen-bond donors (Lipinski definition) is 3. The third-order valence-electron chi connectivity index (χ3n) is 3.92. The molecule has 140 valence electrons. The van der Waals surface area contributed by atoms with Gasteiger partial charge >= 0.3 is 0 Å². The van der Waals surface area contributed by atoms with Gasteiger partial charge in [-0.3, -0.25) is 4.79 Å². The second-order valence-electron chi connectivity index (χ2n) is 5.73. The molecule has 1 aromatic heterocycles. The Labute approximate surface area is 168 Å². The highest BCUT2D eigenvalue weighted by Crippen LogP contribution is 2.41. The number of rotatable bonds is 8. The van der Waals surface area contributed by atoms with E-state index in [9.17, 15) is 4.79 Å². The van der Waals surface area contributed by atoms with E-state index in [-0.39, 0.29) is 12.5 Å². The molecule has 1 amide bonds. The molecule has 0 atom stereocenters. The lowest BCUT2D eigenvalue weighted by atomic mass is 10.2. The van der Waals surface area contributed by atoms with Crippen LogP contribution >= 0.6 is 34.4 Å². The van der Waals surface area contributed by atoms with Gasteiger partial charge in [0, 0.05) is 15.0 Å². The van der Waals surface area contributed by atoms with Crippen LogP contribution in [0.15, 0.2) is 22.2 Å². The van der Waals surface area contributed by atoms with Crippen molar-refractivity contribution in [2.45, 2.75) is 35.9 Å². The van der Waals surface area contributed by atoms with E-state index in [1.165, 1.54) is 11.8 Å². The second kappa shape index (κ2) is 8.35. The summed E-state index contributed by atoms with van der Waals surface area (Å²) in [7, 11) is 0. The van der Waals surface area contributed by atoms with Gasteiger partial charge in [0.15, 0.2) is 22.3 Å². The van der Waals surface area contributed by atoms with E-state index >= 15 is 0 Å². The fourth-order valence-corrected chi connectivity index (χ4v) is 4.31. The number of anilines is 1. The maximum Gasteiger partial charge on any atom is 0.271 e. The Morgan fingerprint density at radius 3 is 2.69 bits per heavy atom. The Hall–Kier alpha value is -1.66. The monoisotopic (exact) mass is 489 g/mol. The van der Waals surface area contributed by atoms with Crippen molar-refractivity contribution >= 4 is 46.1 Å². The molecule has 6 N–H and O–H groups in total. The number of fused-ring (bicyclic) bond motifs is 1. The number of imidazole rings is 1. The van der Waals surface area contributed by atoms with Gasteiger partial charge < -0.3 is 31.2 Å². The van der Waals surface area contributed by atoms with Crippen LogP contribution in [0.5, 0.6) is 11.5 Å². The first-order valence-electron chi connectivity index (χ1n) is 8.14. The summed E-state index contributed by atoms with van der Waals surface area (Å²) in [4.78, 5) is 16.9. The van der Waals surface area contributed by atoms with E-state index in [0.29, 0.717) is 29.8 Å². The lowest BCUT2D eigenvalue weighted by Crippen LogP contribution is -2.14. The molecule has 0 bridgehead atoms. The molecule has 2 heterocycles. The predicted molar refractivity (Wildman–Crippen MR) is 107 cm³/mol. The molecule has 3 rings (SSSR count). The number of carbonyl (C=O) groups is 1. The van der Waals surface area contributed by atoms with Crippen LogP contribution in [0.25, 0.3) is 0 Å². The van der Waals surface area contributed by atoms with Gasteiger partial charge in [-0.05, 0) is 54.1 Å². The molecule has 8 nitrogen and oxygen atoms in total. The Bertz CT molecular complexity index is 827. The number of carbonyl (C=O) groups excluding carboxylic acids is 1. The molecule has 0 fully saturated rings. The van der Waals surface area contributed by atoms with Gasteiger partial charge in [0.1, 0.15) is 5.82 Å². The zero-order chi connectivity index (χ0) is 18.7. The highest BCUT2D eigenvalue weighted by Gasteiger charge is 2.22. The first-order chi connectivity index (χ1) is 12.5. The Kier molecular flexibility index (Phi) is 6.14. The largest absolute Gasteiger partial charge is 0.454 e. The fraction of sp³-hybridized carbons (Fsp3) is 0.375. The number of amides is 1. The minimum absolute atomic E-state index is 0.0991. The van der Waals surface area contributed by atoms with Crippen molar-refractivity contribution in [3.05, 3.63) is 21.4 Å². The number of benzene rings is 1. The minimum Gasteiger partial charge on any atom is -0.454 e. The standard InChI is InChI=1S/C16H20IN5O3S/c17-9-6-10-11(25-8-24-10)7-12(9)26-16-21-13(15(20)23)14(19)22(16)5-3-1-2-4-18/h6-7H,1-5,8,18-19H2,(H2,20,23). The number of aromatic nitrogens is 2. The SMILES string of the molecule is NCCCCCn1c(Sc2cc3c(cc2I)OCO3)nc(C(N)=O)c1N. The molecule has 2 aromatic rings. The molecular formula is C16H20IN5O3S. The number of nitrogen functional groups attached to an aromatic ring is 1. The van der Waals surface area contributed by atoms with Crippen LogP contribution in [-0.2, 0) is 6.54 Å². The number of hydrogen-bond acceptors (Lipinski definition) is 7. The summed E-state index contributed by atoms with van der Waals surface area (Å²) in [5.41, 5.74) is 17.2. The highest BCUT2D eigenvalue weighted by atomic mass is 127. The molecule has 1 aliphatic rings. The average molecular weight is 489 g/mol. The quantitative estimate of drug-likeness (QED) is 0.383. The molecule has 0 saturated heterocycles. The van der Waals surface area contributed by atoms with Crippen molar-refractivity contribution in [1.29, 1.82) is 0 Å². The van der Waals surface area contributed by atoms with E-state index in [1.807, 2.05) is 16.7 Å². The molecular weight excluding hydrogens is 469 g/mol. The molecule has 0 radical (unpaired) electrons. The topological polar surface area (TPSA) is 131 Å². The summed E-state index contributed by atoms with van der Waals surface area (Å²) in [6, 6.07) is 3.82. The molecule has 1 aliphatic heterocycles. The minimum atomic E-state index is -0.634. The molecule has 0 spiro atoms. The van der Waals surface area contributed by atoms with Crippen LogP contribution in [0.3, 0.4) is 0 Å². The number of ether oxygens (including phenoxy) is 2. The van der Waals surface area contributed by atoms with Gasteiger partial charge in [0.2, 0.25) is 6.79 Å². The molecule has 10 heteroatoms. The number of unbranched alkanes of at least 4 members (excludes halogenated alkanes) is 2. The Balaban J connectivity index is 1.88. The van der Waals surface area contributed by atoms with Gasteiger partial charge in [-0.2, -0.15) is 0 Å². The summed E-state index contributed by atoms with van der Waals surface area (Å²) in [6.45, 7) is 1.52. The molecule has 0 unspecified atom stereocenters. The molecule has 0 aliphatic carbocycles. The van der Waals surface area contributed by atoms with Crippen molar-refractivity contribution in [3.63, 3.8) is 0 Å². The Morgan fingerprint density at radius 1 is 1.27 bits per heavy atom. The zero-order valence-corrected chi connectivity index (χ0v) is 17.0. The fourth-order valence-electron chi connectivity index (χ4n) is 2.59. The van der Waals surface area contributed by atoms with Crippen LogP contribution in [0.4, 0.5) is 5.82 Å². The lowest BCUT2D eigenvalue weighted by Gasteiger charge is -2.10. The van der Waals surface area contributed by atoms with E-state index in [4.69, 9.17) is 26.7 Å². The lowest BCUT2D eigenvalue weighted by molar-refractivity contribution is 0.0996. The number of halogens is 1. The molecule has 1 aromatic carbocycles. The van der Waals surface area contributed by atoms with Crippen molar-refractivity contribution in [3.8, 4) is 11.5 Å². The first-order valence-corrected chi connectivity index (χ1v) is 10.0. The van der Waals surface area contributed by atoms with Crippen molar-refractivity contribution < 1.29 is 14.3 Å². The predicted octanol–water partition coefficient (Wildman–Crippen LogP) is 2.18. The number of nitrogens with zero attached hydrogens (tertiary/aromatic N) is 2. The van der Waals surface area contributed by atoms with Crippen LogP contribution < -0.4 is 26.7 Å². The van der Waals surface area contributed by atoms with Gasteiger partial charge in [-0.15, -0.1) is 0 Å². The summed E-state index contributed by atoms with van der Waals surface area (Å²) in [5.74, 6) is 1.08. The third-order valence-corrected chi connectivity index (χ3v) is 6.23. The average Bonchev–Trinajstić information content (AvgIpc) is 3.17. The van der Waals surface area contributed by atoms with Crippen LogP contribution in [0.1, 0.15) is 29.8 Å². The summed E-state index contributed by atoms with van der Waals surface area (Å²) in [6.07, 6.45) is 2.81. The molecule has 26 heavy (non-hydrogen) atoms. The summed E-state index contributed by atoms with van der Waals surface area (Å²) < 4.78 is 13.7. The van der Waals surface area contributed by atoms with Gasteiger partial charge in [0.05, 0.1) is 0 Å². The zero-order valence-electron chi connectivity index (χ0n) is 14.0. The second-order valence-corrected chi connectivity index (χ2v) is 7.90. The van der Waals surface area contributed by atoms with Gasteiger partial charge in [0.25, 0.3) is 5.91 Å². The van der Waals surface area contributed by atoms with E-state index in [1.54, 1.807) is 0 Å². The van der Waals surface area contributed by atoms with E-state index < -0.39 is 5.91 Å². The van der Waals surface area contributed by atoms with Crippen molar-refractivity contribution in [1.82, 2.24) is 9.55 Å². The summed E-state index contributed by atoms with van der Waals surface area (Å²) in [5, 5.41) is 0.626. The van der Waals surface area contributed by atoms with Crippen molar-refractivity contribution in [2.75, 3.05) is 19.1 Å². The van der Waals surface area contributed by atoms with Crippen LogP contribution in [0, 0.1) is 3.57 Å². The molecule has 0 saturated carbocycles. The smallest absolute Gasteiger partial charge is 0.271 e. The number of primary amides is 1. The maximum absolute atomic E-state index is 11.6. The first kappa shape index (κ1) is 19.1. The van der Waals surface area contributed by atoms with Gasteiger partial charge in [-0.1, -0.05) is 18.2 Å². The van der Waals surface area contributed by atoms with Crippen LogP contribution in [0.2, 0.25) is 0 Å². The summed E-state index contributed by atoms with van der Waals surface area (Å²) >= 11 is 3.65. The third kappa shape index (κ3) is 4.01. The van der Waals surface area contributed by atoms with E-state index in [0.717, 1.165) is 33.5 Å². The highest BCUT2D eigenvalue weighted by molar-refractivity contribution is 14.1. The van der Waals surface area contributed by atoms with Crippen molar-refractivity contribution in [2.24, 2.45) is 11.5 Å². The maximum atomic E-state index is 11.6. The Morgan fingerprint density at radius 2 is 2.00 bits per heavy atom. The van der Waals surface area contributed by atoms with Gasteiger partial charge in [-0.25, -0.2) is 4.98 Å².